The maximum absolute atomic E-state index is 13.0. The summed E-state index contributed by atoms with van der Waals surface area (Å²) in [4.78, 5) is 27.2. The smallest absolute Gasteiger partial charge is 0.261 e. The van der Waals surface area contributed by atoms with E-state index in [1.54, 1.807) is 11.8 Å². The Kier molecular flexibility index (Phi) is 8.26. The van der Waals surface area contributed by atoms with Crippen LogP contribution in [-0.2, 0) is 16.1 Å². The quantitative estimate of drug-likeness (QED) is 0.635. The Morgan fingerprint density at radius 2 is 1.76 bits per heavy atom. The Labute approximate surface area is 181 Å². The molecular formula is C23H29BrN2O3. The van der Waals surface area contributed by atoms with Crippen molar-refractivity contribution in [1.82, 2.24) is 10.2 Å². The Bertz CT molecular complexity index is 867. The molecule has 156 valence electrons. The minimum atomic E-state index is -0.611. The Morgan fingerprint density at radius 3 is 2.38 bits per heavy atom. The molecule has 0 aliphatic rings. The molecule has 0 radical (unpaired) electrons. The molecule has 0 unspecified atom stereocenters. The Morgan fingerprint density at radius 1 is 1.07 bits per heavy atom. The van der Waals surface area contributed by atoms with Crippen molar-refractivity contribution in [2.45, 2.75) is 53.2 Å². The molecule has 1 N–H and O–H groups in total. The van der Waals surface area contributed by atoms with Gasteiger partial charge in [-0.2, -0.15) is 0 Å². The second-order valence-corrected chi connectivity index (χ2v) is 8.34. The number of rotatable bonds is 8. The van der Waals surface area contributed by atoms with Gasteiger partial charge in [-0.25, -0.2) is 0 Å². The van der Waals surface area contributed by atoms with Crippen LogP contribution in [0.15, 0.2) is 46.9 Å². The second-order valence-electron chi connectivity index (χ2n) is 7.49. The molecule has 6 heteroatoms. The molecular weight excluding hydrogens is 432 g/mol. The van der Waals surface area contributed by atoms with Crippen LogP contribution < -0.4 is 10.1 Å². The zero-order chi connectivity index (χ0) is 21.6. The summed E-state index contributed by atoms with van der Waals surface area (Å²) in [5.41, 5.74) is 3.10. The molecule has 0 fully saturated rings. The van der Waals surface area contributed by atoms with Gasteiger partial charge in [0.1, 0.15) is 11.8 Å². The van der Waals surface area contributed by atoms with Crippen LogP contribution in [0.5, 0.6) is 5.75 Å². The number of carbonyl (C=O) groups is 2. The molecule has 0 saturated heterocycles. The fourth-order valence-corrected chi connectivity index (χ4v) is 3.14. The van der Waals surface area contributed by atoms with E-state index < -0.39 is 6.04 Å². The lowest BCUT2D eigenvalue weighted by atomic mass is 10.1. The number of hydrogen-bond acceptors (Lipinski definition) is 3. The summed E-state index contributed by atoms with van der Waals surface area (Å²) in [6.45, 7) is 9.72. The lowest BCUT2D eigenvalue weighted by molar-refractivity contribution is -0.142. The summed E-state index contributed by atoms with van der Waals surface area (Å²) in [5, 5.41) is 2.89. The Hall–Kier alpha value is -2.34. The van der Waals surface area contributed by atoms with Crippen molar-refractivity contribution in [2.75, 3.05) is 6.61 Å². The van der Waals surface area contributed by atoms with Crippen LogP contribution in [0.2, 0.25) is 0 Å². The number of nitrogens with zero attached hydrogens (tertiary/aromatic N) is 1. The normalized spacial score (nSPS) is 11.8. The largest absolute Gasteiger partial charge is 0.484 e. The fraction of sp³-hybridized carbons (Fsp3) is 0.391. The molecule has 0 saturated carbocycles. The van der Waals surface area contributed by atoms with Crippen LogP contribution in [-0.4, -0.2) is 35.4 Å². The van der Waals surface area contributed by atoms with Gasteiger partial charge in [0.15, 0.2) is 6.61 Å². The van der Waals surface area contributed by atoms with E-state index in [-0.39, 0.29) is 24.5 Å². The van der Waals surface area contributed by atoms with E-state index in [2.05, 4.69) is 21.2 Å². The van der Waals surface area contributed by atoms with Crippen molar-refractivity contribution >= 4 is 27.7 Å². The maximum atomic E-state index is 13.0. The van der Waals surface area contributed by atoms with Gasteiger partial charge in [0.25, 0.3) is 5.91 Å². The van der Waals surface area contributed by atoms with Crippen LogP contribution in [0.3, 0.4) is 0 Å². The molecule has 2 rings (SSSR count). The lowest BCUT2D eigenvalue weighted by Gasteiger charge is -2.29. The standard InChI is InChI=1S/C23H29BrN2O3/c1-15(2)25-23(28)18(5)26(13-19-9-7-6-8-16(19)3)22(27)14-29-20-10-11-21(24)17(4)12-20/h6-12,15,18H,13-14H2,1-5H3,(H,25,28)/t18-/m0/s1. The molecule has 0 bridgehead atoms. The van der Waals surface area contributed by atoms with Crippen LogP contribution in [0.4, 0.5) is 0 Å². The summed E-state index contributed by atoms with van der Waals surface area (Å²) in [6, 6.07) is 12.8. The highest BCUT2D eigenvalue weighted by Gasteiger charge is 2.27. The highest BCUT2D eigenvalue weighted by Crippen LogP contribution is 2.22. The SMILES string of the molecule is Cc1cc(OCC(=O)N(Cc2ccccc2C)[C@@H](C)C(=O)NC(C)C)ccc1Br. The van der Waals surface area contributed by atoms with E-state index in [0.717, 1.165) is 21.2 Å². The van der Waals surface area contributed by atoms with Gasteiger partial charge in [-0.05, 0) is 69.5 Å². The fourth-order valence-electron chi connectivity index (χ4n) is 2.89. The molecule has 0 aliphatic heterocycles. The predicted molar refractivity (Wildman–Crippen MR) is 119 cm³/mol. The summed E-state index contributed by atoms with van der Waals surface area (Å²) in [7, 11) is 0. The average Bonchev–Trinajstić information content (AvgIpc) is 2.67. The van der Waals surface area contributed by atoms with Crippen LogP contribution in [0.25, 0.3) is 0 Å². The van der Waals surface area contributed by atoms with Crippen LogP contribution in [0, 0.1) is 13.8 Å². The van der Waals surface area contributed by atoms with Crippen LogP contribution >= 0.6 is 15.9 Å². The van der Waals surface area contributed by atoms with Crippen LogP contribution in [0.1, 0.15) is 37.5 Å². The zero-order valence-electron chi connectivity index (χ0n) is 17.7. The summed E-state index contributed by atoms with van der Waals surface area (Å²) >= 11 is 3.46. The van der Waals surface area contributed by atoms with Crippen molar-refractivity contribution in [1.29, 1.82) is 0 Å². The van der Waals surface area contributed by atoms with Crippen molar-refractivity contribution in [3.05, 3.63) is 63.6 Å². The number of hydrogen-bond donors (Lipinski definition) is 1. The molecule has 0 aliphatic carbocycles. The van der Waals surface area contributed by atoms with Crippen molar-refractivity contribution in [3.8, 4) is 5.75 Å². The van der Waals surface area contributed by atoms with Gasteiger partial charge in [0.05, 0.1) is 0 Å². The first-order chi connectivity index (χ1) is 13.7. The van der Waals surface area contributed by atoms with Gasteiger partial charge in [-0.1, -0.05) is 40.2 Å². The number of ether oxygens (including phenoxy) is 1. The number of benzene rings is 2. The number of carbonyl (C=O) groups excluding carboxylic acids is 2. The molecule has 2 aromatic rings. The topological polar surface area (TPSA) is 58.6 Å². The van der Waals surface area contributed by atoms with Gasteiger partial charge in [-0.3, -0.25) is 9.59 Å². The number of halogens is 1. The second kappa shape index (κ2) is 10.4. The number of aryl methyl sites for hydroxylation is 2. The van der Waals surface area contributed by atoms with Gasteiger partial charge >= 0.3 is 0 Å². The zero-order valence-corrected chi connectivity index (χ0v) is 19.2. The molecule has 5 nitrogen and oxygen atoms in total. The molecule has 0 spiro atoms. The Balaban J connectivity index is 2.18. The van der Waals surface area contributed by atoms with Gasteiger partial charge < -0.3 is 15.0 Å². The minimum Gasteiger partial charge on any atom is -0.484 e. The molecule has 29 heavy (non-hydrogen) atoms. The molecule has 0 aromatic heterocycles. The van der Waals surface area contributed by atoms with E-state index >= 15 is 0 Å². The van der Waals surface area contributed by atoms with E-state index in [1.807, 2.05) is 70.2 Å². The monoisotopic (exact) mass is 460 g/mol. The van der Waals surface area contributed by atoms with E-state index in [1.165, 1.54) is 0 Å². The highest BCUT2D eigenvalue weighted by atomic mass is 79.9. The first kappa shape index (κ1) is 22.9. The molecule has 2 aromatic carbocycles. The lowest BCUT2D eigenvalue weighted by Crippen LogP contribution is -2.50. The van der Waals surface area contributed by atoms with E-state index in [4.69, 9.17) is 4.74 Å². The third-order valence-electron chi connectivity index (χ3n) is 4.69. The average molecular weight is 461 g/mol. The van der Waals surface area contributed by atoms with E-state index in [9.17, 15) is 9.59 Å². The summed E-state index contributed by atoms with van der Waals surface area (Å²) in [5.74, 6) is 0.204. The molecule has 0 heterocycles. The summed E-state index contributed by atoms with van der Waals surface area (Å²) < 4.78 is 6.70. The highest BCUT2D eigenvalue weighted by molar-refractivity contribution is 9.10. The molecule has 2 amide bonds. The third-order valence-corrected chi connectivity index (χ3v) is 5.58. The maximum Gasteiger partial charge on any atom is 0.261 e. The first-order valence-electron chi connectivity index (χ1n) is 9.72. The first-order valence-corrected chi connectivity index (χ1v) is 10.5. The summed E-state index contributed by atoms with van der Waals surface area (Å²) in [6.07, 6.45) is 0. The van der Waals surface area contributed by atoms with Gasteiger partial charge in [-0.15, -0.1) is 0 Å². The molecule has 1 atom stereocenters. The predicted octanol–water partition coefficient (Wildman–Crippen LogP) is 4.39. The number of nitrogens with one attached hydrogen (secondary N) is 1. The number of amides is 2. The van der Waals surface area contributed by atoms with Crippen molar-refractivity contribution in [3.63, 3.8) is 0 Å². The van der Waals surface area contributed by atoms with Gasteiger partial charge in [0, 0.05) is 17.1 Å². The van der Waals surface area contributed by atoms with Crippen molar-refractivity contribution < 1.29 is 14.3 Å². The van der Waals surface area contributed by atoms with E-state index in [0.29, 0.717) is 12.3 Å². The third kappa shape index (κ3) is 6.60. The van der Waals surface area contributed by atoms with Crippen molar-refractivity contribution in [2.24, 2.45) is 0 Å². The van der Waals surface area contributed by atoms with Gasteiger partial charge in [0.2, 0.25) is 5.91 Å². The minimum absolute atomic E-state index is 0.00218.